The maximum atomic E-state index is 11.7. The van der Waals surface area contributed by atoms with Crippen molar-refractivity contribution in [1.82, 2.24) is 10.4 Å². The summed E-state index contributed by atoms with van der Waals surface area (Å²) in [6, 6.07) is 0. The van der Waals surface area contributed by atoms with Gasteiger partial charge in [-0.2, -0.15) is 0 Å². The molecule has 0 spiro atoms. The van der Waals surface area contributed by atoms with Gasteiger partial charge in [-0.15, -0.1) is 0 Å². The predicted octanol–water partition coefficient (Wildman–Crippen LogP) is 1.80. The molecule has 0 aromatic rings. The highest BCUT2D eigenvalue weighted by Gasteiger charge is 2.16. The Morgan fingerprint density at radius 3 is 2.12 bits per heavy atom. The van der Waals surface area contributed by atoms with Gasteiger partial charge >= 0.3 is 0 Å². The van der Waals surface area contributed by atoms with E-state index >= 15 is 0 Å². The van der Waals surface area contributed by atoms with E-state index in [4.69, 9.17) is 0 Å². The van der Waals surface area contributed by atoms with E-state index in [1.54, 1.807) is 13.8 Å². The third-order valence-electron chi connectivity index (χ3n) is 1.97. The van der Waals surface area contributed by atoms with Gasteiger partial charge in [0.25, 0.3) is 11.8 Å². The molecule has 0 saturated heterocycles. The first-order chi connectivity index (χ1) is 7.40. The minimum Gasteiger partial charge on any atom is -0.268 e. The zero-order valence-electron chi connectivity index (χ0n) is 10.3. The van der Waals surface area contributed by atoms with Gasteiger partial charge in [-0.3, -0.25) is 20.0 Å². The maximum Gasteiger partial charge on any atom is 0.267 e. The highest BCUT2D eigenvalue weighted by atomic mass is 16.2. The smallest absolute Gasteiger partial charge is 0.267 e. The topological polar surface area (TPSA) is 49.4 Å². The van der Waals surface area contributed by atoms with Crippen LogP contribution in [-0.2, 0) is 9.59 Å². The summed E-state index contributed by atoms with van der Waals surface area (Å²) in [5, 5.41) is 1.29. The molecule has 4 heteroatoms. The Balaban J connectivity index is 4.54. The number of hydrogen-bond acceptors (Lipinski definition) is 2. The van der Waals surface area contributed by atoms with Crippen molar-refractivity contribution in [3.63, 3.8) is 0 Å². The zero-order chi connectivity index (χ0) is 12.7. The summed E-state index contributed by atoms with van der Waals surface area (Å²) >= 11 is 0. The predicted molar refractivity (Wildman–Crippen MR) is 64.4 cm³/mol. The molecule has 0 saturated carbocycles. The van der Waals surface area contributed by atoms with Gasteiger partial charge in [0.2, 0.25) is 0 Å². The van der Waals surface area contributed by atoms with Crippen molar-refractivity contribution in [2.45, 2.75) is 33.6 Å². The number of hydrogen-bond donors (Lipinski definition) is 1. The number of carbonyl (C=O) groups is 2. The molecule has 2 amide bonds. The van der Waals surface area contributed by atoms with Crippen LogP contribution < -0.4 is 5.43 Å². The molecule has 0 radical (unpaired) electrons. The summed E-state index contributed by atoms with van der Waals surface area (Å²) in [6.45, 7) is 12.8. The molecule has 0 aliphatic rings. The summed E-state index contributed by atoms with van der Waals surface area (Å²) in [4.78, 5) is 23.1. The van der Waals surface area contributed by atoms with E-state index in [-0.39, 0.29) is 11.8 Å². The lowest BCUT2D eigenvalue weighted by atomic mass is 10.3. The summed E-state index contributed by atoms with van der Waals surface area (Å²) in [7, 11) is 0. The SMILES string of the molecule is C=C(C)C(=O)NN(CCCC)C(=O)C(=C)C. The Morgan fingerprint density at radius 2 is 1.75 bits per heavy atom. The van der Waals surface area contributed by atoms with Crippen LogP contribution in [0.3, 0.4) is 0 Å². The van der Waals surface area contributed by atoms with E-state index in [1.807, 2.05) is 6.92 Å². The lowest BCUT2D eigenvalue weighted by molar-refractivity contribution is -0.137. The van der Waals surface area contributed by atoms with Crippen LogP contribution in [0.1, 0.15) is 33.6 Å². The van der Waals surface area contributed by atoms with Crippen molar-refractivity contribution in [3.8, 4) is 0 Å². The quantitative estimate of drug-likeness (QED) is 0.572. The van der Waals surface area contributed by atoms with Gasteiger partial charge in [-0.1, -0.05) is 26.5 Å². The molecule has 0 bridgehead atoms. The first-order valence-corrected chi connectivity index (χ1v) is 5.34. The van der Waals surface area contributed by atoms with Gasteiger partial charge in [0, 0.05) is 17.7 Å². The Bertz CT molecular complexity index is 308. The molecular formula is C12H20N2O2. The van der Waals surface area contributed by atoms with E-state index < -0.39 is 0 Å². The molecule has 16 heavy (non-hydrogen) atoms. The van der Waals surface area contributed by atoms with Crippen molar-refractivity contribution < 1.29 is 9.59 Å². The van der Waals surface area contributed by atoms with Gasteiger partial charge in [0.15, 0.2) is 0 Å². The third kappa shape index (κ3) is 4.77. The zero-order valence-corrected chi connectivity index (χ0v) is 10.3. The van der Waals surface area contributed by atoms with Crippen LogP contribution in [0.4, 0.5) is 0 Å². The summed E-state index contributed by atoms with van der Waals surface area (Å²) in [6.07, 6.45) is 1.78. The molecule has 90 valence electrons. The van der Waals surface area contributed by atoms with Crippen LogP contribution in [0.2, 0.25) is 0 Å². The highest BCUT2D eigenvalue weighted by Crippen LogP contribution is 2.00. The average molecular weight is 224 g/mol. The molecule has 0 unspecified atom stereocenters. The molecule has 0 aliphatic heterocycles. The van der Waals surface area contributed by atoms with Crippen molar-refractivity contribution in [2.75, 3.05) is 6.54 Å². The van der Waals surface area contributed by atoms with Crippen LogP contribution in [-0.4, -0.2) is 23.4 Å². The molecule has 0 heterocycles. The first kappa shape index (κ1) is 14.4. The molecule has 4 nitrogen and oxygen atoms in total. The monoisotopic (exact) mass is 224 g/mol. The summed E-state index contributed by atoms with van der Waals surface area (Å²) in [5.41, 5.74) is 3.29. The normalized spacial score (nSPS) is 9.44. The maximum absolute atomic E-state index is 11.7. The Hall–Kier alpha value is -1.58. The van der Waals surface area contributed by atoms with Crippen molar-refractivity contribution >= 4 is 11.8 Å². The van der Waals surface area contributed by atoms with Gasteiger partial charge in [0.05, 0.1) is 0 Å². The van der Waals surface area contributed by atoms with Gasteiger partial charge in [-0.05, 0) is 20.3 Å². The molecule has 0 fully saturated rings. The average Bonchev–Trinajstić information content (AvgIpc) is 2.22. The molecule has 0 rings (SSSR count). The van der Waals surface area contributed by atoms with Crippen molar-refractivity contribution in [1.29, 1.82) is 0 Å². The lowest BCUT2D eigenvalue weighted by Gasteiger charge is -2.23. The first-order valence-electron chi connectivity index (χ1n) is 5.34. The van der Waals surface area contributed by atoms with Crippen molar-refractivity contribution in [3.05, 3.63) is 24.3 Å². The third-order valence-corrected chi connectivity index (χ3v) is 1.97. The fourth-order valence-electron chi connectivity index (χ4n) is 0.973. The van der Waals surface area contributed by atoms with Gasteiger partial charge in [-0.25, -0.2) is 0 Å². The van der Waals surface area contributed by atoms with E-state index in [2.05, 4.69) is 18.6 Å². The molecule has 0 aliphatic carbocycles. The standard InChI is InChI=1S/C12H20N2O2/c1-6-7-8-14(12(16)10(4)5)13-11(15)9(2)3/h2,4,6-8H2,1,3,5H3,(H,13,15). The highest BCUT2D eigenvalue weighted by molar-refractivity contribution is 5.97. The minimum atomic E-state index is -0.342. The van der Waals surface area contributed by atoms with Gasteiger partial charge < -0.3 is 0 Å². The summed E-state index contributed by atoms with van der Waals surface area (Å²) < 4.78 is 0. The van der Waals surface area contributed by atoms with E-state index in [9.17, 15) is 9.59 Å². The Kier molecular flexibility index (Phi) is 6.15. The van der Waals surface area contributed by atoms with Crippen LogP contribution in [0.5, 0.6) is 0 Å². The molecule has 0 aromatic carbocycles. The second-order valence-electron chi connectivity index (χ2n) is 3.81. The van der Waals surface area contributed by atoms with Crippen LogP contribution >= 0.6 is 0 Å². The van der Waals surface area contributed by atoms with E-state index in [1.165, 1.54) is 5.01 Å². The summed E-state index contributed by atoms with van der Waals surface area (Å²) in [5.74, 6) is -0.603. The fourth-order valence-corrected chi connectivity index (χ4v) is 0.973. The molecule has 0 aromatic heterocycles. The second kappa shape index (κ2) is 6.82. The van der Waals surface area contributed by atoms with Crippen molar-refractivity contribution in [2.24, 2.45) is 0 Å². The second-order valence-corrected chi connectivity index (χ2v) is 3.81. The minimum absolute atomic E-state index is 0.261. The van der Waals surface area contributed by atoms with Crippen LogP contribution in [0.15, 0.2) is 24.3 Å². The number of hydrazine groups is 1. The van der Waals surface area contributed by atoms with Gasteiger partial charge in [0.1, 0.15) is 0 Å². The van der Waals surface area contributed by atoms with Crippen LogP contribution in [0.25, 0.3) is 0 Å². The Labute approximate surface area is 97.0 Å². The molecule has 1 N–H and O–H groups in total. The number of nitrogens with zero attached hydrogens (tertiary/aromatic N) is 1. The Morgan fingerprint density at radius 1 is 1.19 bits per heavy atom. The largest absolute Gasteiger partial charge is 0.268 e. The number of amides is 2. The number of rotatable bonds is 5. The fraction of sp³-hybridized carbons (Fsp3) is 0.500. The number of nitrogens with one attached hydrogen (secondary N) is 1. The molecule has 0 atom stereocenters. The lowest BCUT2D eigenvalue weighted by Crippen LogP contribution is -2.47. The van der Waals surface area contributed by atoms with E-state index in [0.717, 1.165) is 12.8 Å². The number of carbonyl (C=O) groups excluding carboxylic acids is 2. The molecular weight excluding hydrogens is 204 g/mol. The number of unbranched alkanes of at least 4 members (excludes halogenated alkanes) is 1. The van der Waals surface area contributed by atoms with Crippen LogP contribution in [0, 0.1) is 0 Å². The van der Waals surface area contributed by atoms with E-state index in [0.29, 0.717) is 17.7 Å².